The van der Waals surface area contributed by atoms with Gasteiger partial charge < -0.3 is 9.13 Å². The summed E-state index contributed by atoms with van der Waals surface area (Å²) in [4.78, 5) is 9.88. The molecule has 224 valence electrons. The van der Waals surface area contributed by atoms with E-state index in [1.54, 1.807) is 0 Å². The van der Waals surface area contributed by atoms with E-state index < -0.39 is 0 Å². The number of para-hydroxylation sites is 2. The van der Waals surface area contributed by atoms with E-state index in [1.807, 2.05) is 18.2 Å². The molecule has 0 N–H and O–H groups in total. The van der Waals surface area contributed by atoms with Crippen molar-refractivity contribution >= 4 is 72.5 Å². The zero-order valence-electron chi connectivity index (χ0n) is 26.0. The smallest absolute Gasteiger partial charge is 0.115 e. The van der Waals surface area contributed by atoms with Crippen LogP contribution < -0.4 is 0 Å². The Morgan fingerprint density at radius 3 is 2.17 bits per heavy atom. The molecule has 6 aromatic carbocycles. The predicted octanol–water partition coefficient (Wildman–Crippen LogP) is 10.9. The maximum absolute atomic E-state index is 5.38. The summed E-state index contributed by atoms with van der Waals surface area (Å²) >= 11 is 0. The highest BCUT2D eigenvalue weighted by Gasteiger charge is 2.21. The van der Waals surface area contributed by atoms with Gasteiger partial charge in [0.25, 0.3) is 0 Å². The van der Waals surface area contributed by atoms with E-state index >= 15 is 0 Å². The number of hydrogen-bond donors (Lipinski definition) is 0. The quantitative estimate of drug-likeness (QED) is 0.175. The summed E-state index contributed by atoms with van der Waals surface area (Å²) in [5.74, 6) is 0. The molecule has 0 saturated heterocycles. The molecule has 0 fully saturated rings. The first-order valence-electron chi connectivity index (χ1n) is 16.2. The van der Waals surface area contributed by atoms with Crippen LogP contribution in [0, 0.1) is 0 Å². The highest BCUT2D eigenvalue weighted by atomic mass is 15.1. The molecule has 4 nitrogen and oxygen atoms in total. The Hall–Kier alpha value is -6.00. The maximum Gasteiger partial charge on any atom is 0.115 e. The monoisotopic (exact) mass is 604 g/mol. The van der Waals surface area contributed by atoms with Crippen LogP contribution in [0.25, 0.3) is 65.8 Å². The third-order valence-electron chi connectivity index (χ3n) is 9.57. The Bertz CT molecular complexity index is 2600. The lowest BCUT2D eigenvalue weighted by molar-refractivity contribution is 0.788. The molecular formula is C43H32N4. The van der Waals surface area contributed by atoms with E-state index in [4.69, 9.17) is 4.99 Å². The molecule has 1 aliphatic carbocycles. The molecule has 0 unspecified atom stereocenters. The van der Waals surface area contributed by atoms with Gasteiger partial charge in [0.2, 0.25) is 0 Å². The van der Waals surface area contributed by atoms with Crippen molar-refractivity contribution in [1.29, 1.82) is 0 Å². The van der Waals surface area contributed by atoms with Crippen LogP contribution in [-0.4, -0.2) is 21.6 Å². The second kappa shape index (κ2) is 11.1. The van der Waals surface area contributed by atoms with Crippen LogP contribution in [0.2, 0.25) is 0 Å². The van der Waals surface area contributed by atoms with Gasteiger partial charge in [-0.2, -0.15) is 0 Å². The zero-order chi connectivity index (χ0) is 31.3. The fourth-order valence-electron chi connectivity index (χ4n) is 7.53. The molecule has 0 radical (unpaired) electrons. The van der Waals surface area contributed by atoms with Crippen LogP contribution in [-0.2, 0) is 6.67 Å². The van der Waals surface area contributed by atoms with Crippen molar-refractivity contribution in [3.63, 3.8) is 0 Å². The van der Waals surface area contributed by atoms with Crippen molar-refractivity contribution in [3.05, 3.63) is 157 Å². The van der Waals surface area contributed by atoms with Gasteiger partial charge in [0.05, 0.1) is 27.8 Å². The minimum atomic E-state index is 0.503. The van der Waals surface area contributed by atoms with E-state index in [-0.39, 0.29) is 0 Å². The van der Waals surface area contributed by atoms with E-state index in [2.05, 4.69) is 148 Å². The highest BCUT2D eigenvalue weighted by Crippen LogP contribution is 2.43. The number of hydrogen-bond acceptors (Lipinski definition) is 2. The van der Waals surface area contributed by atoms with Crippen LogP contribution in [0.15, 0.2) is 161 Å². The molecule has 1 aliphatic rings. The Labute approximate surface area is 272 Å². The van der Waals surface area contributed by atoms with Crippen molar-refractivity contribution < 1.29 is 0 Å². The van der Waals surface area contributed by atoms with Crippen molar-refractivity contribution in [3.8, 4) is 5.69 Å². The van der Waals surface area contributed by atoms with Gasteiger partial charge in [-0.1, -0.05) is 115 Å². The topological polar surface area (TPSA) is 34.6 Å². The van der Waals surface area contributed by atoms with E-state index in [1.165, 1.54) is 54.4 Å². The number of allylic oxidation sites excluding steroid dienone is 3. The van der Waals surface area contributed by atoms with Gasteiger partial charge in [0, 0.05) is 49.5 Å². The lowest BCUT2D eigenvalue weighted by Gasteiger charge is -2.16. The van der Waals surface area contributed by atoms with Gasteiger partial charge in [-0.15, -0.1) is 0 Å². The molecule has 8 aromatic rings. The van der Waals surface area contributed by atoms with Gasteiger partial charge in [-0.05, 0) is 55.3 Å². The SMILES string of the molecule is C=N/C(=C1/C=CCC/C1=N/Cn1c2ccc3c(c4ccccc4n3-c3ccccc3)c2c2ccc3ccccc3c21)c1ccccc1. The number of aliphatic imine (C=N–C) groups is 2. The largest absolute Gasteiger partial charge is 0.320 e. The summed E-state index contributed by atoms with van der Waals surface area (Å²) in [6, 6.07) is 47.6. The van der Waals surface area contributed by atoms with Crippen molar-refractivity contribution in [1.82, 2.24) is 9.13 Å². The summed E-state index contributed by atoms with van der Waals surface area (Å²) in [6.45, 7) is 4.45. The fraction of sp³-hybridized carbons (Fsp3) is 0.0698. The lowest BCUT2D eigenvalue weighted by atomic mass is 9.95. The zero-order valence-corrected chi connectivity index (χ0v) is 26.0. The summed E-state index contributed by atoms with van der Waals surface area (Å²) in [7, 11) is 0. The van der Waals surface area contributed by atoms with E-state index in [9.17, 15) is 0 Å². The third-order valence-corrected chi connectivity index (χ3v) is 9.57. The molecule has 0 bridgehead atoms. The Morgan fingerprint density at radius 2 is 1.34 bits per heavy atom. The van der Waals surface area contributed by atoms with Crippen LogP contribution in [0.3, 0.4) is 0 Å². The molecular weight excluding hydrogens is 573 g/mol. The third kappa shape index (κ3) is 4.29. The molecule has 2 aromatic heterocycles. The number of benzene rings is 6. The highest BCUT2D eigenvalue weighted by molar-refractivity contribution is 6.31. The first-order valence-corrected chi connectivity index (χ1v) is 16.2. The molecule has 47 heavy (non-hydrogen) atoms. The summed E-state index contributed by atoms with van der Waals surface area (Å²) in [5.41, 5.74) is 10.0. The normalized spacial score (nSPS) is 15.4. The van der Waals surface area contributed by atoms with Gasteiger partial charge in [0.1, 0.15) is 6.67 Å². The fourth-order valence-corrected chi connectivity index (χ4v) is 7.53. The summed E-state index contributed by atoms with van der Waals surface area (Å²) < 4.78 is 4.82. The maximum atomic E-state index is 5.38. The standard InChI is InChI=1S/C43H32N4/c1-44-42(30-15-4-2-5-16-30)33-20-10-12-22-36(33)45-28-46-38-26-27-39-40(41(38)35-25-24-29-14-8-9-19-32(29)43(35)46)34-21-11-13-23-37(34)47(39)31-17-6-3-7-18-31/h2-11,13-21,23-27H,1,12,22,28H2/b42-33-,45-36-. The number of nitrogens with zero attached hydrogens (tertiary/aromatic N) is 4. The van der Waals surface area contributed by atoms with E-state index in [0.717, 1.165) is 41.1 Å². The predicted molar refractivity (Wildman–Crippen MR) is 200 cm³/mol. The Morgan fingerprint density at radius 1 is 0.638 bits per heavy atom. The molecule has 0 spiro atoms. The van der Waals surface area contributed by atoms with Crippen molar-refractivity contribution in [2.45, 2.75) is 19.5 Å². The van der Waals surface area contributed by atoms with Crippen LogP contribution in [0.4, 0.5) is 0 Å². The minimum Gasteiger partial charge on any atom is -0.320 e. The molecule has 0 atom stereocenters. The average molecular weight is 605 g/mol. The Kier molecular flexibility index (Phi) is 6.46. The Balaban J connectivity index is 1.34. The first-order chi connectivity index (χ1) is 23.3. The van der Waals surface area contributed by atoms with Crippen molar-refractivity contribution in [2.24, 2.45) is 9.98 Å². The van der Waals surface area contributed by atoms with E-state index in [0.29, 0.717) is 6.67 Å². The number of rotatable bonds is 5. The van der Waals surface area contributed by atoms with Crippen LogP contribution in [0.5, 0.6) is 0 Å². The van der Waals surface area contributed by atoms with Gasteiger partial charge >= 0.3 is 0 Å². The molecule has 0 amide bonds. The number of aromatic nitrogens is 2. The van der Waals surface area contributed by atoms with Gasteiger partial charge in [-0.25, -0.2) is 0 Å². The molecule has 0 aliphatic heterocycles. The van der Waals surface area contributed by atoms with Gasteiger partial charge in [0.15, 0.2) is 0 Å². The molecule has 9 rings (SSSR count). The second-order valence-electron chi connectivity index (χ2n) is 12.1. The molecule has 4 heteroatoms. The van der Waals surface area contributed by atoms with Crippen molar-refractivity contribution in [2.75, 3.05) is 0 Å². The van der Waals surface area contributed by atoms with Crippen LogP contribution in [0.1, 0.15) is 18.4 Å². The first kappa shape index (κ1) is 27.3. The summed E-state index contributed by atoms with van der Waals surface area (Å²) in [5, 5.41) is 7.50. The average Bonchev–Trinajstić information content (AvgIpc) is 3.65. The lowest BCUT2D eigenvalue weighted by Crippen LogP contribution is -2.09. The molecule has 2 heterocycles. The van der Waals surface area contributed by atoms with Crippen LogP contribution >= 0.6 is 0 Å². The minimum absolute atomic E-state index is 0.503. The molecule has 0 saturated carbocycles. The van der Waals surface area contributed by atoms with Gasteiger partial charge in [-0.3, -0.25) is 9.98 Å². The summed E-state index contributed by atoms with van der Waals surface area (Å²) in [6.07, 6.45) is 6.21. The second-order valence-corrected chi connectivity index (χ2v) is 12.1. The number of fused-ring (bicyclic) bond motifs is 9.